The SMILES string of the molecule is COc1c(C)cnc(CN(Cc2ncc(C)c(OC)c2C)c2nc3cc(C(=O)O)ccc3n2CCc2ccccc2)c1C. The van der Waals surface area contributed by atoms with Gasteiger partial charge in [0, 0.05) is 41.2 Å². The molecule has 9 heteroatoms. The normalized spacial score (nSPS) is 11.1. The zero-order valence-corrected chi connectivity index (χ0v) is 25.5. The van der Waals surface area contributed by atoms with Crippen molar-refractivity contribution in [2.75, 3.05) is 19.1 Å². The maximum absolute atomic E-state index is 11.8. The van der Waals surface area contributed by atoms with Crippen LogP contribution in [0.2, 0.25) is 0 Å². The van der Waals surface area contributed by atoms with Crippen LogP contribution >= 0.6 is 0 Å². The Labute approximate surface area is 251 Å². The van der Waals surface area contributed by atoms with E-state index in [1.54, 1.807) is 26.4 Å². The number of methoxy groups -OCH3 is 2. The largest absolute Gasteiger partial charge is 0.496 e. The first-order valence-electron chi connectivity index (χ1n) is 14.2. The molecule has 0 amide bonds. The topological polar surface area (TPSA) is 103 Å². The van der Waals surface area contributed by atoms with E-state index < -0.39 is 5.97 Å². The number of hydrogen-bond donors (Lipinski definition) is 1. The van der Waals surface area contributed by atoms with Crippen LogP contribution in [0.4, 0.5) is 5.95 Å². The summed E-state index contributed by atoms with van der Waals surface area (Å²) >= 11 is 0. The van der Waals surface area contributed by atoms with Gasteiger partial charge in [0.15, 0.2) is 0 Å². The Morgan fingerprint density at radius 1 is 0.860 bits per heavy atom. The highest BCUT2D eigenvalue weighted by Crippen LogP contribution is 2.31. The summed E-state index contributed by atoms with van der Waals surface area (Å²) in [6.07, 6.45) is 4.43. The number of pyridine rings is 2. The number of benzene rings is 2. The highest BCUT2D eigenvalue weighted by molar-refractivity contribution is 5.93. The van der Waals surface area contributed by atoms with Crippen LogP contribution in [0.3, 0.4) is 0 Å². The third-order valence-electron chi connectivity index (χ3n) is 7.91. The van der Waals surface area contributed by atoms with Crippen LogP contribution in [0, 0.1) is 27.7 Å². The molecule has 0 aliphatic carbocycles. The lowest BCUT2D eigenvalue weighted by molar-refractivity contribution is 0.0697. The Kier molecular flexibility index (Phi) is 8.61. The zero-order chi connectivity index (χ0) is 30.7. The lowest BCUT2D eigenvalue weighted by atomic mass is 10.1. The van der Waals surface area contributed by atoms with Crippen molar-refractivity contribution in [1.82, 2.24) is 19.5 Å². The molecule has 3 aromatic heterocycles. The number of nitrogens with zero attached hydrogens (tertiary/aromatic N) is 5. The molecule has 0 spiro atoms. The summed E-state index contributed by atoms with van der Waals surface area (Å²) in [5.74, 6) is 1.33. The van der Waals surface area contributed by atoms with E-state index in [1.165, 1.54) is 5.56 Å². The molecule has 0 aliphatic heterocycles. The van der Waals surface area contributed by atoms with Gasteiger partial charge in [0.05, 0.1) is 55.3 Å². The van der Waals surface area contributed by atoms with Crippen molar-refractivity contribution in [1.29, 1.82) is 0 Å². The summed E-state index contributed by atoms with van der Waals surface area (Å²) in [7, 11) is 3.34. The molecule has 3 heterocycles. The second kappa shape index (κ2) is 12.5. The molecule has 2 aromatic carbocycles. The molecule has 0 unspecified atom stereocenters. The number of aryl methyl sites for hydroxylation is 4. The predicted octanol–water partition coefficient (Wildman–Crippen LogP) is 6.22. The van der Waals surface area contributed by atoms with Crippen molar-refractivity contribution in [3.8, 4) is 11.5 Å². The lowest BCUT2D eigenvalue weighted by Gasteiger charge is -2.26. The van der Waals surface area contributed by atoms with E-state index in [9.17, 15) is 9.90 Å². The van der Waals surface area contributed by atoms with Crippen LogP contribution < -0.4 is 14.4 Å². The molecule has 9 nitrogen and oxygen atoms in total. The molecule has 43 heavy (non-hydrogen) atoms. The Bertz CT molecular complexity index is 1720. The molecule has 1 N–H and O–H groups in total. The Hall–Kier alpha value is -4.92. The predicted molar refractivity (Wildman–Crippen MR) is 167 cm³/mol. The van der Waals surface area contributed by atoms with Gasteiger partial charge in [-0.25, -0.2) is 9.78 Å². The van der Waals surface area contributed by atoms with Gasteiger partial charge in [-0.15, -0.1) is 0 Å². The first-order valence-corrected chi connectivity index (χ1v) is 14.2. The molecule has 0 aliphatic rings. The summed E-state index contributed by atoms with van der Waals surface area (Å²) in [4.78, 5) is 28.6. The fourth-order valence-electron chi connectivity index (χ4n) is 5.62. The van der Waals surface area contributed by atoms with Crippen molar-refractivity contribution in [3.05, 3.63) is 106 Å². The molecule has 0 saturated carbocycles. The van der Waals surface area contributed by atoms with Crippen molar-refractivity contribution >= 4 is 23.0 Å². The van der Waals surface area contributed by atoms with Gasteiger partial charge in [-0.2, -0.15) is 0 Å². The lowest BCUT2D eigenvalue weighted by Crippen LogP contribution is -2.28. The van der Waals surface area contributed by atoms with Crippen LogP contribution in [-0.4, -0.2) is 44.8 Å². The minimum absolute atomic E-state index is 0.194. The summed E-state index contributed by atoms with van der Waals surface area (Å²) in [6, 6.07) is 15.4. The average Bonchev–Trinajstić information content (AvgIpc) is 3.37. The number of carboxylic acid groups (broad SMARTS) is 1. The van der Waals surface area contributed by atoms with Crippen LogP contribution in [0.1, 0.15) is 49.6 Å². The van der Waals surface area contributed by atoms with Crippen LogP contribution in [-0.2, 0) is 26.1 Å². The number of aromatic carboxylic acids is 1. The second-order valence-electron chi connectivity index (χ2n) is 10.8. The van der Waals surface area contributed by atoms with Crippen molar-refractivity contribution < 1.29 is 19.4 Å². The zero-order valence-electron chi connectivity index (χ0n) is 25.5. The molecule has 0 fully saturated rings. The van der Waals surface area contributed by atoms with Gasteiger partial charge < -0.3 is 24.0 Å². The van der Waals surface area contributed by atoms with E-state index in [0.717, 1.165) is 57.1 Å². The number of imidazole rings is 1. The van der Waals surface area contributed by atoms with E-state index >= 15 is 0 Å². The quantitative estimate of drug-likeness (QED) is 0.197. The van der Waals surface area contributed by atoms with E-state index in [4.69, 9.17) is 24.4 Å². The summed E-state index contributed by atoms with van der Waals surface area (Å²) < 4.78 is 13.6. The summed E-state index contributed by atoms with van der Waals surface area (Å²) in [6.45, 7) is 9.50. The first-order chi connectivity index (χ1) is 20.7. The molecule has 0 radical (unpaired) electrons. The van der Waals surface area contributed by atoms with Gasteiger partial charge in [-0.05, 0) is 57.9 Å². The number of aromatic nitrogens is 4. The maximum atomic E-state index is 11.8. The summed E-state index contributed by atoms with van der Waals surface area (Å²) in [5.41, 5.74) is 8.42. The monoisotopic (exact) mass is 579 g/mol. The van der Waals surface area contributed by atoms with Gasteiger partial charge in [0.2, 0.25) is 5.95 Å². The average molecular weight is 580 g/mol. The Morgan fingerprint density at radius 2 is 1.44 bits per heavy atom. The number of anilines is 1. The molecular weight excluding hydrogens is 542 g/mol. The molecular formula is C34H37N5O4. The van der Waals surface area contributed by atoms with Gasteiger partial charge in [0.25, 0.3) is 0 Å². The number of rotatable bonds is 11. The smallest absolute Gasteiger partial charge is 0.335 e. The van der Waals surface area contributed by atoms with Gasteiger partial charge in [-0.1, -0.05) is 30.3 Å². The van der Waals surface area contributed by atoms with Crippen LogP contribution in [0.25, 0.3) is 11.0 Å². The van der Waals surface area contributed by atoms with Gasteiger partial charge in [-0.3, -0.25) is 9.97 Å². The van der Waals surface area contributed by atoms with E-state index in [2.05, 4.69) is 21.6 Å². The Balaban J connectivity index is 1.67. The van der Waals surface area contributed by atoms with Crippen molar-refractivity contribution in [2.45, 2.75) is 53.8 Å². The third kappa shape index (κ3) is 6.02. The highest BCUT2D eigenvalue weighted by Gasteiger charge is 2.23. The fraction of sp³-hybridized carbons (Fsp3) is 0.294. The highest BCUT2D eigenvalue weighted by atomic mass is 16.5. The number of ether oxygens (including phenoxy) is 2. The minimum atomic E-state index is -0.989. The fourth-order valence-corrected chi connectivity index (χ4v) is 5.62. The minimum Gasteiger partial charge on any atom is -0.496 e. The Morgan fingerprint density at radius 3 is 1.98 bits per heavy atom. The number of hydrogen-bond acceptors (Lipinski definition) is 7. The number of carboxylic acids is 1. The summed E-state index contributed by atoms with van der Waals surface area (Å²) in [5, 5.41) is 9.69. The first kappa shape index (κ1) is 29.6. The molecule has 0 atom stereocenters. The van der Waals surface area contributed by atoms with Crippen molar-refractivity contribution in [3.63, 3.8) is 0 Å². The van der Waals surface area contributed by atoms with Crippen LogP contribution in [0.15, 0.2) is 60.9 Å². The van der Waals surface area contributed by atoms with E-state index in [0.29, 0.717) is 31.1 Å². The van der Waals surface area contributed by atoms with Crippen LogP contribution in [0.5, 0.6) is 11.5 Å². The molecule has 0 saturated heterocycles. The molecule has 5 rings (SSSR count). The number of carbonyl (C=O) groups is 1. The second-order valence-corrected chi connectivity index (χ2v) is 10.8. The molecule has 222 valence electrons. The number of fused-ring (bicyclic) bond motifs is 1. The maximum Gasteiger partial charge on any atom is 0.335 e. The van der Waals surface area contributed by atoms with Gasteiger partial charge >= 0.3 is 5.97 Å². The standard InChI is InChI=1S/C34H37N5O4/c1-21-17-35-28(23(3)31(21)42-5)19-38(20-29-24(4)32(43-6)22(2)18-36-29)34-37-27-16-26(33(40)41)12-13-30(27)39(34)15-14-25-10-8-7-9-11-25/h7-13,16-18H,14-15,19-20H2,1-6H3,(H,40,41). The van der Waals surface area contributed by atoms with E-state index in [-0.39, 0.29) is 5.56 Å². The van der Waals surface area contributed by atoms with Gasteiger partial charge in [0.1, 0.15) is 11.5 Å². The molecule has 5 aromatic rings. The van der Waals surface area contributed by atoms with E-state index in [1.807, 2.05) is 64.4 Å². The third-order valence-corrected chi connectivity index (χ3v) is 7.91. The van der Waals surface area contributed by atoms with Crippen molar-refractivity contribution in [2.24, 2.45) is 0 Å². The molecule has 0 bridgehead atoms.